The highest BCUT2D eigenvalue weighted by atomic mass is 16.5. The highest BCUT2D eigenvalue weighted by molar-refractivity contribution is 5.53. The zero-order valence-corrected chi connectivity index (χ0v) is 6.38. The van der Waals surface area contributed by atoms with Crippen LogP contribution in [0.15, 0.2) is 0 Å². The van der Waals surface area contributed by atoms with E-state index < -0.39 is 0 Å². The summed E-state index contributed by atoms with van der Waals surface area (Å²) >= 11 is 0. The average molecular weight is 142 g/mol. The standard InChI is InChI=1S/C8H14O2/c1-7(5-9)8-3-2-4-10-6-8/h5,7-8H,2-4,6H2,1H3. The molecule has 0 amide bonds. The van der Waals surface area contributed by atoms with Crippen molar-refractivity contribution in [3.05, 3.63) is 0 Å². The largest absolute Gasteiger partial charge is 0.381 e. The first-order chi connectivity index (χ1) is 4.84. The fraction of sp³-hybridized carbons (Fsp3) is 0.875. The maximum Gasteiger partial charge on any atom is 0.123 e. The summed E-state index contributed by atoms with van der Waals surface area (Å²) in [6.07, 6.45) is 3.29. The van der Waals surface area contributed by atoms with E-state index in [2.05, 4.69) is 0 Å². The van der Waals surface area contributed by atoms with Crippen LogP contribution in [0.2, 0.25) is 0 Å². The third-order valence-electron chi connectivity index (χ3n) is 2.15. The minimum absolute atomic E-state index is 0.181. The van der Waals surface area contributed by atoms with Gasteiger partial charge in [0.05, 0.1) is 6.61 Å². The lowest BCUT2D eigenvalue weighted by molar-refractivity contribution is -0.113. The summed E-state index contributed by atoms with van der Waals surface area (Å²) in [5, 5.41) is 0. The Balaban J connectivity index is 2.30. The van der Waals surface area contributed by atoms with Gasteiger partial charge in [0.2, 0.25) is 0 Å². The van der Waals surface area contributed by atoms with Crippen LogP contribution >= 0.6 is 0 Å². The van der Waals surface area contributed by atoms with Crippen LogP contribution < -0.4 is 0 Å². The van der Waals surface area contributed by atoms with Gasteiger partial charge in [-0.1, -0.05) is 6.92 Å². The minimum atomic E-state index is 0.181. The topological polar surface area (TPSA) is 26.3 Å². The second kappa shape index (κ2) is 3.71. The van der Waals surface area contributed by atoms with Gasteiger partial charge in [0.1, 0.15) is 6.29 Å². The molecule has 0 aromatic heterocycles. The molecule has 58 valence electrons. The Morgan fingerprint density at radius 1 is 1.70 bits per heavy atom. The van der Waals surface area contributed by atoms with Crippen molar-refractivity contribution in [2.75, 3.05) is 13.2 Å². The molecule has 0 bridgehead atoms. The first kappa shape index (κ1) is 7.73. The number of hydrogen-bond donors (Lipinski definition) is 0. The van der Waals surface area contributed by atoms with Crippen molar-refractivity contribution < 1.29 is 9.53 Å². The number of ether oxygens (including phenoxy) is 1. The van der Waals surface area contributed by atoms with E-state index in [9.17, 15) is 4.79 Å². The lowest BCUT2D eigenvalue weighted by Crippen LogP contribution is -2.23. The van der Waals surface area contributed by atoms with E-state index in [1.807, 2.05) is 6.92 Å². The van der Waals surface area contributed by atoms with Gasteiger partial charge in [-0.15, -0.1) is 0 Å². The molecule has 2 nitrogen and oxygen atoms in total. The van der Waals surface area contributed by atoms with Crippen molar-refractivity contribution in [1.29, 1.82) is 0 Å². The molecule has 0 aliphatic carbocycles. The van der Waals surface area contributed by atoms with Crippen molar-refractivity contribution in [3.8, 4) is 0 Å². The van der Waals surface area contributed by atoms with Crippen LogP contribution in [0.25, 0.3) is 0 Å². The van der Waals surface area contributed by atoms with Gasteiger partial charge in [-0.25, -0.2) is 0 Å². The third kappa shape index (κ3) is 1.81. The molecular weight excluding hydrogens is 128 g/mol. The Kier molecular flexibility index (Phi) is 2.87. The van der Waals surface area contributed by atoms with Crippen molar-refractivity contribution >= 4 is 6.29 Å². The highest BCUT2D eigenvalue weighted by Gasteiger charge is 2.19. The molecule has 1 fully saturated rings. The monoisotopic (exact) mass is 142 g/mol. The van der Waals surface area contributed by atoms with E-state index in [1.165, 1.54) is 0 Å². The van der Waals surface area contributed by atoms with E-state index >= 15 is 0 Å². The predicted octanol–water partition coefficient (Wildman–Crippen LogP) is 1.25. The van der Waals surface area contributed by atoms with Crippen molar-refractivity contribution in [2.45, 2.75) is 19.8 Å². The fourth-order valence-corrected chi connectivity index (χ4v) is 1.29. The molecule has 0 N–H and O–H groups in total. The fourth-order valence-electron chi connectivity index (χ4n) is 1.29. The third-order valence-corrected chi connectivity index (χ3v) is 2.15. The van der Waals surface area contributed by atoms with Gasteiger partial charge in [0.25, 0.3) is 0 Å². The van der Waals surface area contributed by atoms with Gasteiger partial charge >= 0.3 is 0 Å². The van der Waals surface area contributed by atoms with Crippen LogP contribution in [0.1, 0.15) is 19.8 Å². The number of carbonyl (C=O) groups is 1. The lowest BCUT2D eigenvalue weighted by atomic mass is 9.90. The molecular formula is C8H14O2. The average Bonchev–Trinajstić information content (AvgIpc) is 2.05. The molecule has 0 aromatic rings. The van der Waals surface area contributed by atoms with Crippen LogP contribution in [0, 0.1) is 11.8 Å². The summed E-state index contributed by atoms with van der Waals surface area (Å²) in [5.41, 5.74) is 0. The molecule has 10 heavy (non-hydrogen) atoms. The molecule has 0 aromatic carbocycles. The van der Waals surface area contributed by atoms with Gasteiger partial charge in [-0.05, 0) is 18.8 Å². The molecule has 0 radical (unpaired) electrons. The maximum absolute atomic E-state index is 10.3. The Morgan fingerprint density at radius 2 is 2.50 bits per heavy atom. The normalized spacial score (nSPS) is 29.5. The molecule has 2 unspecified atom stereocenters. The summed E-state index contributed by atoms with van der Waals surface area (Å²) in [7, 11) is 0. The zero-order chi connectivity index (χ0) is 7.40. The Labute approximate surface area is 61.6 Å². The van der Waals surface area contributed by atoms with Gasteiger partial charge in [0.15, 0.2) is 0 Å². The van der Waals surface area contributed by atoms with Crippen LogP contribution in [0.4, 0.5) is 0 Å². The second-order valence-corrected chi connectivity index (χ2v) is 2.97. The summed E-state index contributed by atoms with van der Waals surface area (Å²) < 4.78 is 5.25. The smallest absolute Gasteiger partial charge is 0.123 e. The second-order valence-electron chi connectivity index (χ2n) is 2.97. The van der Waals surface area contributed by atoms with Gasteiger partial charge in [-0.2, -0.15) is 0 Å². The molecule has 1 saturated heterocycles. The highest BCUT2D eigenvalue weighted by Crippen LogP contribution is 2.20. The lowest BCUT2D eigenvalue weighted by Gasteiger charge is -2.24. The summed E-state index contributed by atoms with van der Waals surface area (Å²) in [6.45, 7) is 3.62. The maximum atomic E-state index is 10.3. The predicted molar refractivity (Wildman–Crippen MR) is 38.8 cm³/mol. The van der Waals surface area contributed by atoms with Gasteiger partial charge in [-0.3, -0.25) is 0 Å². The van der Waals surface area contributed by atoms with Crippen molar-refractivity contribution in [3.63, 3.8) is 0 Å². The SMILES string of the molecule is CC(C=O)C1CCCOC1. The first-order valence-electron chi connectivity index (χ1n) is 3.87. The minimum Gasteiger partial charge on any atom is -0.381 e. The molecule has 2 atom stereocenters. The quantitative estimate of drug-likeness (QED) is 0.542. The first-order valence-corrected chi connectivity index (χ1v) is 3.87. The Hall–Kier alpha value is -0.370. The van der Waals surface area contributed by atoms with Crippen LogP contribution in [-0.4, -0.2) is 19.5 Å². The van der Waals surface area contributed by atoms with Crippen LogP contribution in [0.3, 0.4) is 0 Å². The molecule has 2 heteroatoms. The molecule has 1 rings (SSSR count). The summed E-state index contributed by atoms with van der Waals surface area (Å²) in [4.78, 5) is 10.3. The van der Waals surface area contributed by atoms with E-state index in [4.69, 9.17) is 4.74 Å². The van der Waals surface area contributed by atoms with Crippen molar-refractivity contribution in [1.82, 2.24) is 0 Å². The number of rotatable bonds is 2. The summed E-state index contributed by atoms with van der Waals surface area (Å²) in [6, 6.07) is 0. The van der Waals surface area contributed by atoms with Crippen molar-refractivity contribution in [2.24, 2.45) is 11.8 Å². The van der Waals surface area contributed by atoms with Crippen LogP contribution in [0.5, 0.6) is 0 Å². The molecule has 1 aliphatic rings. The van der Waals surface area contributed by atoms with Crippen LogP contribution in [-0.2, 0) is 9.53 Å². The zero-order valence-electron chi connectivity index (χ0n) is 6.38. The van der Waals surface area contributed by atoms with Gasteiger partial charge < -0.3 is 9.53 Å². The molecule has 0 saturated carbocycles. The van der Waals surface area contributed by atoms with E-state index in [-0.39, 0.29) is 5.92 Å². The van der Waals surface area contributed by atoms with Gasteiger partial charge in [0, 0.05) is 12.5 Å². The molecule has 1 heterocycles. The Bertz CT molecular complexity index is 106. The van der Waals surface area contributed by atoms with E-state index in [0.717, 1.165) is 32.3 Å². The summed E-state index contributed by atoms with van der Waals surface area (Å²) in [5.74, 6) is 0.659. The number of carbonyl (C=O) groups excluding carboxylic acids is 1. The number of aldehydes is 1. The molecule has 1 aliphatic heterocycles. The van der Waals surface area contributed by atoms with E-state index in [1.54, 1.807) is 0 Å². The van der Waals surface area contributed by atoms with E-state index in [0.29, 0.717) is 5.92 Å². The number of hydrogen-bond acceptors (Lipinski definition) is 2. The molecule has 0 spiro atoms. The Morgan fingerprint density at radius 3 is 3.00 bits per heavy atom.